The van der Waals surface area contributed by atoms with E-state index < -0.39 is 0 Å². The average molecular weight is 166 g/mol. The summed E-state index contributed by atoms with van der Waals surface area (Å²) in [6, 6.07) is 0.528. The smallest absolute Gasteiger partial charge is 0.139 e. The molecule has 1 saturated carbocycles. The number of rotatable bonds is 2. The van der Waals surface area contributed by atoms with Gasteiger partial charge < -0.3 is 4.74 Å². The summed E-state index contributed by atoms with van der Waals surface area (Å²) in [5.41, 5.74) is 0.291. The zero-order chi connectivity index (χ0) is 8.77. The fourth-order valence-electron chi connectivity index (χ4n) is 3.38. The van der Waals surface area contributed by atoms with Gasteiger partial charge in [-0.2, -0.15) is 0 Å². The number of ether oxygens (including phenoxy) is 1. The zero-order valence-corrected chi connectivity index (χ0v) is 8.47. The Morgan fingerprint density at radius 3 is 2.75 bits per heavy atom. The van der Waals surface area contributed by atoms with Crippen molar-refractivity contribution in [1.82, 2.24) is 0 Å². The highest BCUT2D eigenvalue weighted by molar-refractivity contribution is 6.11. The van der Waals surface area contributed by atoms with Gasteiger partial charge in [0.2, 0.25) is 0 Å². The molecule has 0 spiro atoms. The fraction of sp³-hybridized carbons (Fsp3) is 1.00. The van der Waals surface area contributed by atoms with E-state index in [1.165, 1.54) is 25.7 Å². The molecule has 4 atom stereocenters. The summed E-state index contributed by atoms with van der Waals surface area (Å²) in [5, 5.41) is 0. The molecule has 12 heavy (non-hydrogen) atoms. The second-order valence-corrected chi connectivity index (χ2v) is 4.63. The van der Waals surface area contributed by atoms with Crippen molar-refractivity contribution < 1.29 is 4.74 Å². The minimum absolute atomic E-state index is 0.291. The van der Waals surface area contributed by atoms with E-state index in [0.29, 0.717) is 11.6 Å². The van der Waals surface area contributed by atoms with Crippen molar-refractivity contribution in [2.45, 2.75) is 51.1 Å². The van der Waals surface area contributed by atoms with Crippen LogP contribution in [0.3, 0.4) is 0 Å². The Bertz CT molecular complexity index is 183. The summed E-state index contributed by atoms with van der Waals surface area (Å²) < 4.78 is 6.10. The molecule has 0 aromatic carbocycles. The van der Waals surface area contributed by atoms with Crippen LogP contribution in [0.5, 0.6) is 0 Å². The summed E-state index contributed by atoms with van der Waals surface area (Å²) in [4.78, 5) is 0. The lowest BCUT2D eigenvalue weighted by atomic mass is 9.81. The Labute approximate surface area is 76.3 Å². The van der Waals surface area contributed by atoms with Crippen LogP contribution in [-0.2, 0) is 4.74 Å². The molecule has 0 aromatic rings. The minimum atomic E-state index is 0.291. The van der Waals surface area contributed by atoms with Gasteiger partial charge in [-0.15, -0.1) is 0 Å². The van der Waals surface area contributed by atoms with E-state index in [2.05, 4.69) is 21.7 Å². The van der Waals surface area contributed by atoms with Crippen molar-refractivity contribution in [2.75, 3.05) is 0 Å². The minimum Gasteiger partial charge on any atom is -0.380 e. The van der Waals surface area contributed by atoms with Crippen LogP contribution >= 0.6 is 0 Å². The molecule has 1 heterocycles. The Kier molecular flexibility index (Phi) is 1.98. The van der Waals surface area contributed by atoms with Gasteiger partial charge in [0.05, 0.1) is 5.60 Å². The molecule has 0 N–H and O–H groups in total. The van der Waals surface area contributed by atoms with Gasteiger partial charge in [-0.05, 0) is 31.1 Å². The number of hydrogen-bond donors (Lipinski definition) is 0. The van der Waals surface area contributed by atoms with E-state index in [4.69, 9.17) is 4.74 Å². The second-order valence-electron chi connectivity index (χ2n) is 4.63. The van der Waals surface area contributed by atoms with Gasteiger partial charge in [-0.25, -0.2) is 0 Å². The lowest BCUT2D eigenvalue weighted by Gasteiger charge is -2.31. The predicted octanol–water partition coefficient (Wildman–Crippen LogP) is 1.56. The normalized spacial score (nSPS) is 51.7. The maximum absolute atomic E-state index is 6.10. The Balaban J connectivity index is 2.15. The van der Waals surface area contributed by atoms with Gasteiger partial charge in [0, 0.05) is 6.00 Å². The van der Waals surface area contributed by atoms with Crippen molar-refractivity contribution in [3.05, 3.63) is 0 Å². The van der Waals surface area contributed by atoms with Gasteiger partial charge in [0.25, 0.3) is 0 Å². The Morgan fingerprint density at radius 2 is 2.33 bits per heavy atom. The quantitative estimate of drug-likeness (QED) is 0.565. The highest BCUT2D eigenvalue weighted by Crippen LogP contribution is 2.53. The average Bonchev–Trinajstić information content (AvgIpc) is 2.41. The Hall–Kier alpha value is 0.0249. The first-order chi connectivity index (χ1) is 5.69. The lowest BCUT2D eigenvalue weighted by Crippen LogP contribution is -2.33. The van der Waals surface area contributed by atoms with Crippen LogP contribution in [-0.4, -0.2) is 19.5 Å². The highest BCUT2D eigenvalue weighted by Gasteiger charge is 2.54. The van der Waals surface area contributed by atoms with Gasteiger partial charge in [-0.3, -0.25) is 0 Å². The predicted molar refractivity (Wildman–Crippen MR) is 52.9 cm³/mol. The van der Waals surface area contributed by atoms with E-state index in [0.717, 1.165) is 11.8 Å². The SMILES string of the molecule is BC1O[C@@]2(CCC)CCC1C2C. The first kappa shape index (κ1) is 8.62. The lowest BCUT2D eigenvalue weighted by molar-refractivity contribution is -0.0525. The number of hydrogen-bond acceptors (Lipinski definition) is 1. The van der Waals surface area contributed by atoms with E-state index in [-0.39, 0.29) is 0 Å². The van der Waals surface area contributed by atoms with Gasteiger partial charge in [0.15, 0.2) is 0 Å². The molecule has 0 amide bonds. The third-order valence-electron chi connectivity index (χ3n) is 4.07. The molecule has 68 valence electrons. The molecule has 1 nitrogen and oxygen atoms in total. The first-order valence-electron chi connectivity index (χ1n) is 5.37. The Morgan fingerprint density at radius 1 is 1.58 bits per heavy atom. The third-order valence-corrected chi connectivity index (χ3v) is 4.07. The van der Waals surface area contributed by atoms with Crippen molar-refractivity contribution in [1.29, 1.82) is 0 Å². The maximum atomic E-state index is 6.10. The molecular weight excluding hydrogens is 147 g/mol. The molecule has 2 bridgehead atoms. The second kappa shape index (κ2) is 2.76. The third kappa shape index (κ3) is 0.969. The molecule has 2 aliphatic rings. The van der Waals surface area contributed by atoms with E-state index >= 15 is 0 Å². The first-order valence-corrected chi connectivity index (χ1v) is 5.37. The molecule has 0 aromatic heterocycles. The molecule has 2 rings (SSSR count). The van der Waals surface area contributed by atoms with Crippen molar-refractivity contribution in [2.24, 2.45) is 11.8 Å². The molecule has 1 aliphatic heterocycles. The van der Waals surface area contributed by atoms with Gasteiger partial charge in [0.1, 0.15) is 7.85 Å². The molecule has 2 heteroatoms. The molecular formula is C10H19BO. The van der Waals surface area contributed by atoms with Crippen LogP contribution in [0.4, 0.5) is 0 Å². The van der Waals surface area contributed by atoms with Gasteiger partial charge in [-0.1, -0.05) is 20.3 Å². The van der Waals surface area contributed by atoms with Crippen LogP contribution in [0.25, 0.3) is 0 Å². The standard InChI is InChI=1S/C10H19BO/c1-3-5-10-6-4-8(7(10)2)9(11)12-10/h7-9H,3-6,11H2,1-2H3/t7?,8?,9?,10-/m0/s1. The van der Waals surface area contributed by atoms with Crippen LogP contribution in [0.1, 0.15) is 39.5 Å². The molecule has 3 unspecified atom stereocenters. The summed E-state index contributed by atoms with van der Waals surface area (Å²) in [6.45, 7) is 4.65. The van der Waals surface area contributed by atoms with E-state index in [1.54, 1.807) is 0 Å². The van der Waals surface area contributed by atoms with E-state index in [1.807, 2.05) is 0 Å². The highest BCUT2D eigenvalue weighted by atomic mass is 16.5. The zero-order valence-electron chi connectivity index (χ0n) is 8.47. The van der Waals surface area contributed by atoms with E-state index in [9.17, 15) is 0 Å². The molecule has 0 radical (unpaired) electrons. The van der Waals surface area contributed by atoms with Crippen molar-refractivity contribution in [3.8, 4) is 0 Å². The largest absolute Gasteiger partial charge is 0.380 e. The molecule has 2 fully saturated rings. The van der Waals surface area contributed by atoms with Gasteiger partial charge >= 0.3 is 0 Å². The van der Waals surface area contributed by atoms with Crippen molar-refractivity contribution >= 4 is 7.85 Å². The molecule has 1 aliphatic carbocycles. The van der Waals surface area contributed by atoms with Crippen molar-refractivity contribution in [3.63, 3.8) is 0 Å². The monoisotopic (exact) mass is 166 g/mol. The fourth-order valence-corrected chi connectivity index (χ4v) is 3.38. The summed E-state index contributed by atoms with van der Waals surface area (Å²) >= 11 is 0. The van der Waals surface area contributed by atoms with Crippen LogP contribution in [0, 0.1) is 11.8 Å². The van der Waals surface area contributed by atoms with Crippen LogP contribution in [0.15, 0.2) is 0 Å². The van der Waals surface area contributed by atoms with Crippen LogP contribution < -0.4 is 0 Å². The maximum Gasteiger partial charge on any atom is 0.139 e. The topological polar surface area (TPSA) is 9.23 Å². The summed E-state index contributed by atoms with van der Waals surface area (Å²) in [7, 11) is 2.25. The summed E-state index contributed by atoms with van der Waals surface area (Å²) in [5.74, 6) is 1.67. The van der Waals surface area contributed by atoms with Crippen LogP contribution in [0.2, 0.25) is 0 Å². The molecule has 1 saturated heterocycles. The summed E-state index contributed by atoms with van der Waals surface area (Å²) in [6.07, 6.45) is 5.26. The number of fused-ring (bicyclic) bond motifs is 2.